The number of aromatic nitrogens is 2. The predicted octanol–water partition coefficient (Wildman–Crippen LogP) is 2.27. The number of aryl methyl sites for hydroxylation is 1. The first-order valence-corrected chi connectivity index (χ1v) is 11.7. The molecule has 1 unspecified atom stereocenters. The summed E-state index contributed by atoms with van der Waals surface area (Å²) < 4.78 is 30.8. The van der Waals surface area contributed by atoms with Gasteiger partial charge in [-0.2, -0.15) is 0 Å². The van der Waals surface area contributed by atoms with Crippen LogP contribution in [0.2, 0.25) is 0 Å². The zero-order valence-corrected chi connectivity index (χ0v) is 18.1. The number of ether oxygens (including phenoxy) is 1. The van der Waals surface area contributed by atoms with E-state index in [-0.39, 0.29) is 11.6 Å². The minimum Gasteiger partial charge on any atom is -0.492 e. The molecule has 0 aliphatic heterocycles. The van der Waals surface area contributed by atoms with Gasteiger partial charge in [-0.1, -0.05) is 37.3 Å². The van der Waals surface area contributed by atoms with Crippen LogP contribution < -0.4 is 15.4 Å². The Morgan fingerprint density at radius 2 is 1.86 bits per heavy atom. The molecule has 2 amide bonds. The van der Waals surface area contributed by atoms with Gasteiger partial charge in [0, 0.05) is 0 Å². The number of carbonyl (C=O) groups excluding carboxylic acids is 2. The quantitative estimate of drug-likeness (QED) is 0.580. The molecule has 1 heterocycles. The number of rotatable bonds is 10. The highest BCUT2D eigenvalue weighted by Gasteiger charge is 2.33. The van der Waals surface area contributed by atoms with Crippen LogP contribution >= 0.6 is 11.3 Å². The highest BCUT2D eigenvalue weighted by Crippen LogP contribution is 2.24. The van der Waals surface area contributed by atoms with Gasteiger partial charge in [0.05, 0.1) is 12.3 Å². The molecule has 1 aromatic heterocycles. The molecule has 0 saturated heterocycles. The van der Waals surface area contributed by atoms with Crippen LogP contribution in [0.1, 0.15) is 32.2 Å². The fourth-order valence-corrected chi connectivity index (χ4v) is 4.77. The van der Waals surface area contributed by atoms with Crippen LogP contribution in [0.15, 0.2) is 24.3 Å². The maximum Gasteiger partial charge on any atom is 0.244 e. The number of para-hydroxylation sites is 2. The third-order valence-corrected chi connectivity index (χ3v) is 6.95. The van der Waals surface area contributed by atoms with Gasteiger partial charge >= 0.3 is 0 Å². The Bertz CT molecular complexity index is 959. The van der Waals surface area contributed by atoms with E-state index in [1.54, 1.807) is 38.1 Å². The van der Waals surface area contributed by atoms with Crippen molar-refractivity contribution in [2.45, 2.75) is 38.9 Å². The van der Waals surface area contributed by atoms with E-state index in [0.717, 1.165) is 5.01 Å². The van der Waals surface area contributed by atoms with Crippen molar-refractivity contribution in [2.24, 2.45) is 0 Å². The monoisotopic (exact) mass is 440 g/mol. The topological polar surface area (TPSA) is 127 Å². The molecule has 9 nitrogen and oxygen atoms in total. The lowest BCUT2D eigenvalue weighted by molar-refractivity contribution is -0.115. The molecule has 0 fully saturated rings. The summed E-state index contributed by atoms with van der Waals surface area (Å²) in [6.45, 7) is 5.67. The highest BCUT2D eigenvalue weighted by molar-refractivity contribution is 7.93. The number of carbonyl (C=O) groups is 2. The second-order valence-electron chi connectivity index (χ2n) is 6.03. The summed E-state index contributed by atoms with van der Waals surface area (Å²) in [5.74, 6) is -1.86. The van der Waals surface area contributed by atoms with Crippen LogP contribution in [0.5, 0.6) is 5.75 Å². The SMILES string of the molecule is CCOc1ccccc1NC(=O)CS(=O)(=O)C(CC)C(=O)Nc1nnc(CC)s1. The summed E-state index contributed by atoms with van der Waals surface area (Å²) in [7, 11) is -4.04. The molecule has 158 valence electrons. The maximum absolute atomic E-state index is 12.7. The zero-order valence-electron chi connectivity index (χ0n) is 16.5. The first-order valence-electron chi connectivity index (χ1n) is 9.17. The molecule has 0 aliphatic carbocycles. The number of nitrogens with one attached hydrogen (secondary N) is 2. The lowest BCUT2D eigenvalue weighted by Crippen LogP contribution is -2.39. The Hall–Kier alpha value is -2.53. The maximum atomic E-state index is 12.7. The number of nitrogens with zero attached hydrogens (tertiary/aromatic N) is 2. The van der Waals surface area contributed by atoms with Crippen LogP contribution in [-0.2, 0) is 25.8 Å². The fourth-order valence-electron chi connectivity index (χ4n) is 2.56. The first kappa shape index (κ1) is 22.8. The lowest BCUT2D eigenvalue weighted by atomic mass is 10.3. The van der Waals surface area contributed by atoms with Gasteiger partial charge in [0.2, 0.25) is 16.9 Å². The van der Waals surface area contributed by atoms with Gasteiger partial charge in [0.1, 0.15) is 21.8 Å². The van der Waals surface area contributed by atoms with E-state index in [1.165, 1.54) is 11.3 Å². The van der Waals surface area contributed by atoms with Gasteiger partial charge in [0.15, 0.2) is 9.84 Å². The van der Waals surface area contributed by atoms with Crippen molar-refractivity contribution in [3.05, 3.63) is 29.3 Å². The lowest BCUT2D eigenvalue weighted by Gasteiger charge is -2.15. The van der Waals surface area contributed by atoms with E-state index < -0.39 is 32.7 Å². The molecule has 29 heavy (non-hydrogen) atoms. The van der Waals surface area contributed by atoms with Crippen molar-refractivity contribution in [3.63, 3.8) is 0 Å². The second kappa shape index (κ2) is 10.3. The van der Waals surface area contributed by atoms with Gasteiger partial charge in [-0.3, -0.25) is 14.9 Å². The molecule has 0 radical (unpaired) electrons. The zero-order chi connectivity index (χ0) is 21.4. The van der Waals surface area contributed by atoms with Gasteiger partial charge in [-0.25, -0.2) is 8.42 Å². The summed E-state index contributed by atoms with van der Waals surface area (Å²) in [6, 6.07) is 6.72. The summed E-state index contributed by atoms with van der Waals surface area (Å²) >= 11 is 1.18. The van der Waals surface area contributed by atoms with E-state index in [4.69, 9.17) is 4.74 Å². The van der Waals surface area contributed by atoms with Gasteiger partial charge in [0.25, 0.3) is 0 Å². The van der Waals surface area contributed by atoms with Crippen molar-refractivity contribution >= 4 is 43.8 Å². The normalized spacial score (nSPS) is 12.2. The standard InChI is InChI=1S/C18H24N4O5S2/c1-4-14(17(24)20-18-22-21-16(5-2)28-18)29(25,26)11-15(23)19-12-9-7-8-10-13(12)27-6-3/h7-10,14H,4-6,11H2,1-3H3,(H,19,23)(H,20,22,24). The van der Waals surface area contributed by atoms with Crippen LogP contribution in [0.4, 0.5) is 10.8 Å². The molecule has 0 saturated carbocycles. The number of amides is 2. The van der Waals surface area contributed by atoms with Crippen LogP contribution in [0.25, 0.3) is 0 Å². The van der Waals surface area contributed by atoms with Crippen molar-refractivity contribution in [1.82, 2.24) is 10.2 Å². The number of anilines is 2. The fraction of sp³-hybridized carbons (Fsp3) is 0.444. The predicted molar refractivity (Wildman–Crippen MR) is 112 cm³/mol. The van der Waals surface area contributed by atoms with Crippen molar-refractivity contribution in [3.8, 4) is 5.75 Å². The molecule has 2 rings (SSSR count). The smallest absolute Gasteiger partial charge is 0.244 e. The van der Waals surface area contributed by atoms with Gasteiger partial charge in [-0.05, 0) is 31.9 Å². The molecular formula is C18H24N4O5S2. The molecule has 2 aromatic rings. The van der Waals surface area contributed by atoms with E-state index in [1.807, 2.05) is 6.92 Å². The molecule has 0 spiro atoms. The Kier molecular flexibility index (Phi) is 8.09. The molecule has 2 N–H and O–H groups in total. The van der Waals surface area contributed by atoms with E-state index in [0.29, 0.717) is 24.5 Å². The van der Waals surface area contributed by atoms with Crippen LogP contribution in [0, 0.1) is 0 Å². The summed E-state index contributed by atoms with van der Waals surface area (Å²) in [5, 5.41) is 12.3. The van der Waals surface area contributed by atoms with Crippen molar-refractivity contribution in [1.29, 1.82) is 0 Å². The average molecular weight is 441 g/mol. The first-order chi connectivity index (χ1) is 13.8. The Labute approximate surface area is 173 Å². The third-order valence-electron chi connectivity index (χ3n) is 3.89. The van der Waals surface area contributed by atoms with Crippen molar-refractivity contribution in [2.75, 3.05) is 23.0 Å². The second-order valence-corrected chi connectivity index (χ2v) is 9.27. The van der Waals surface area contributed by atoms with Gasteiger partial charge < -0.3 is 10.1 Å². The van der Waals surface area contributed by atoms with Crippen LogP contribution in [-0.4, -0.2) is 48.0 Å². The average Bonchev–Trinajstić information content (AvgIpc) is 3.10. The highest BCUT2D eigenvalue weighted by atomic mass is 32.2. The van der Waals surface area contributed by atoms with E-state index in [9.17, 15) is 18.0 Å². The minimum atomic E-state index is -4.04. The molecule has 1 aromatic carbocycles. The molecule has 1 atom stereocenters. The van der Waals surface area contributed by atoms with Crippen LogP contribution in [0.3, 0.4) is 0 Å². The van der Waals surface area contributed by atoms with Crippen molar-refractivity contribution < 1.29 is 22.7 Å². The minimum absolute atomic E-state index is 0.0242. The number of benzene rings is 1. The third kappa shape index (κ3) is 6.23. The molecule has 0 bridgehead atoms. The molecular weight excluding hydrogens is 416 g/mol. The number of hydrogen-bond donors (Lipinski definition) is 2. The summed E-state index contributed by atoms with van der Waals surface area (Å²) in [6.07, 6.45) is 0.683. The summed E-state index contributed by atoms with van der Waals surface area (Å²) in [5.41, 5.74) is 0.369. The molecule has 0 aliphatic rings. The molecule has 11 heteroatoms. The number of sulfone groups is 1. The largest absolute Gasteiger partial charge is 0.492 e. The Balaban J connectivity index is 2.07. The van der Waals surface area contributed by atoms with E-state index >= 15 is 0 Å². The number of hydrogen-bond acceptors (Lipinski definition) is 8. The van der Waals surface area contributed by atoms with E-state index in [2.05, 4.69) is 20.8 Å². The Morgan fingerprint density at radius 3 is 2.48 bits per heavy atom. The summed E-state index contributed by atoms with van der Waals surface area (Å²) in [4.78, 5) is 24.8. The Morgan fingerprint density at radius 1 is 1.14 bits per heavy atom. The van der Waals surface area contributed by atoms with Gasteiger partial charge in [-0.15, -0.1) is 10.2 Å².